The normalized spacial score (nSPS) is 10.7. The minimum absolute atomic E-state index is 0.0372. The lowest BCUT2D eigenvalue weighted by atomic mass is 9.98. The molecule has 0 amide bonds. The Morgan fingerprint density at radius 1 is 0.920 bits per heavy atom. The zero-order chi connectivity index (χ0) is 18.1. The maximum Gasteiger partial charge on any atom is 0.336 e. The number of fused-ring (bicyclic) bond motifs is 1. The topological polar surface area (TPSA) is 78.1 Å². The zero-order valence-electron chi connectivity index (χ0n) is 14.4. The van der Waals surface area contributed by atoms with E-state index in [1.54, 1.807) is 18.2 Å². The molecule has 0 aliphatic rings. The quantitative estimate of drug-likeness (QED) is 0.731. The van der Waals surface area contributed by atoms with Gasteiger partial charge in [0.25, 0.3) is 0 Å². The first-order valence-electron chi connectivity index (χ1n) is 7.56. The molecule has 3 aromatic rings. The number of methoxy groups -OCH3 is 3. The van der Waals surface area contributed by atoms with Crippen LogP contribution in [0.5, 0.6) is 23.0 Å². The molecule has 0 saturated heterocycles. The van der Waals surface area contributed by atoms with Crippen molar-refractivity contribution in [3.8, 4) is 34.1 Å². The second kappa shape index (κ2) is 6.39. The third kappa shape index (κ3) is 2.87. The molecule has 0 aliphatic heterocycles. The van der Waals surface area contributed by atoms with Crippen molar-refractivity contribution in [1.82, 2.24) is 0 Å². The van der Waals surface area contributed by atoms with E-state index >= 15 is 0 Å². The van der Waals surface area contributed by atoms with E-state index < -0.39 is 5.63 Å². The van der Waals surface area contributed by atoms with E-state index in [0.29, 0.717) is 34.0 Å². The van der Waals surface area contributed by atoms with Gasteiger partial charge in [-0.25, -0.2) is 4.79 Å². The Balaban J connectivity index is 2.39. The average Bonchev–Trinajstić information content (AvgIpc) is 2.58. The van der Waals surface area contributed by atoms with Gasteiger partial charge < -0.3 is 23.7 Å². The highest BCUT2D eigenvalue weighted by molar-refractivity contribution is 5.97. The summed E-state index contributed by atoms with van der Waals surface area (Å²) in [4.78, 5) is 12.0. The van der Waals surface area contributed by atoms with Gasteiger partial charge in [-0.15, -0.1) is 0 Å². The standard InChI is InChI=1S/C19H18O6/c1-10-5-12(20)8-14-18(10)13(9-17(21)25-14)11-6-15(22-2)19(24-4)16(7-11)23-3/h5-9,20H,1-4H3. The molecule has 0 bridgehead atoms. The number of phenols is 1. The first-order chi connectivity index (χ1) is 12.0. The lowest BCUT2D eigenvalue weighted by Crippen LogP contribution is -2.00. The summed E-state index contributed by atoms with van der Waals surface area (Å²) in [7, 11) is 4.59. The van der Waals surface area contributed by atoms with E-state index in [2.05, 4.69) is 0 Å². The van der Waals surface area contributed by atoms with Gasteiger partial charge in [-0.3, -0.25) is 0 Å². The first kappa shape index (κ1) is 16.7. The summed E-state index contributed by atoms with van der Waals surface area (Å²) >= 11 is 0. The van der Waals surface area contributed by atoms with Gasteiger partial charge in [-0.05, 0) is 36.2 Å². The van der Waals surface area contributed by atoms with Crippen LogP contribution in [0, 0.1) is 6.92 Å². The van der Waals surface area contributed by atoms with Crippen molar-refractivity contribution in [3.05, 3.63) is 46.3 Å². The van der Waals surface area contributed by atoms with Crippen molar-refractivity contribution in [1.29, 1.82) is 0 Å². The summed E-state index contributed by atoms with van der Waals surface area (Å²) in [6.07, 6.45) is 0. The molecular formula is C19H18O6. The minimum atomic E-state index is -0.513. The Morgan fingerprint density at radius 3 is 2.12 bits per heavy atom. The molecule has 6 nitrogen and oxygen atoms in total. The van der Waals surface area contributed by atoms with E-state index in [1.807, 2.05) is 6.92 Å². The fourth-order valence-corrected chi connectivity index (χ4v) is 2.95. The molecule has 1 heterocycles. The Kier molecular flexibility index (Phi) is 4.27. The average molecular weight is 342 g/mol. The molecule has 0 unspecified atom stereocenters. The van der Waals surface area contributed by atoms with Crippen LogP contribution in [0.15, 0.2) is 39.5 Å². The number of rotatable bonds is 4. The van der Waals surface area contributed by atoms with Gasteiger partial charge in [0.1, 0.15) is 11.3 Å². The van der Waals surface area contributed by atoms with Crippen molar-refractivity contribution < 1.29 is 23.7 Å². The van der Waals surface area contributed by atoms with Crippen LogP contribution in [0.3, 0.4) is 0 Å². The number of benzene rings is 2. The van der Waals surface area contributed by atoms with Gasteiger partial charge in [-0.2, -0.15) is 0 Å². The van der Waals surface area contributed by atoms with Crippen LogP contribution in [-0.2, 0) is 0 Å². The van der Waals surface area contributed by atoms with Crippen LogP contribution in [-0.4, -0.2) is 26.4 Å². The highest BCUT2D eigenvalue weighted by Crippen LogP contribution is 2.43. The number of aryl methyl sites for hydroxylation is 1. The molecule has 0 saturated carbocycles. The summed E-state index contributed by atoms with van der Waals surface area (Å²) in [5.41, 5.74) is 1.95. The van der Waals surface area contributed by atoms with Crippen molar-refractivity contribution in [2.24, 2.45) is 0 Å². The lowest BCUT2D eigenvalue weighted by Gasteiger charge is -2.15. The highest BCUT2D eigenvalue weighted by Gasteiger charge is 2.17. The van der Waals surface area contributed by atoms with Gasteiger partial charge in [0.05, 0.1) is 21.3 Å². The highest BCUT2D eigenvalue weighted by atomic mass is 16.5. The largest absolute Gasteiger partial charge is 0.508 e. The summed E-state index contributed by atoms with van der Waals surface area (Å²) in [5.74, 6) is 1.47. The van der Waals surface area contributed by atoms with E-state index in [4.69, 9.17) is 18.6 Å². The van der Waals surface area contributed by atoms with Gasteiger partial charge in [0.2, 0.25) is 5.75 Å². The number of phenolic OH excluding ortho intramolecular Hbond substituents is 1. The third-order valence-corrected chi connectivity index (χ3v) is 4.00. The number of ether oxygens (including phenoxy) is 3. The molecule has 130 valence electrons. The number of hydrogen-bond donors (Lipinski definition) is 1. The molecule has 3 rings (SSSR count). The molecule has 1 N–H and O–H groups in total. The van der Waals surface area contributed by atoms with Gasteiger partial charge in [0.15, 0.2) is 11.5 Å². The van der Waals surface area contributed by atoms with Crippen LogP contribution >= 0.6 is 0 Å². The van der Waals surface area contributed by atoms with E-state index in [0.717, 1.165) is 10.9 Å². The number of aromatic hydroxyl groups is 1. The van der Waals surface area contributed by atoms with E-state index in [9.17, 15) is 9.90 Å². The predicted molar refractivity (Wildman–Crippen MR) is 94.0 cm³/mol. The van der Waals surface area contributed by atoms with Crippen LogP contribution < -0.4 is 19.8 Å². The molecule has 0 aliphatic carbocycles. The third-order valence-electron chi connectivity index (χ3n) is 4.00. The summed E-state index contributed by atoms with van der Waals surface area (Å²) in [6.45, 7) is 1.84. The van der Waals surface area contributed by atoms with E-state index in [-0.39, 0.29) is 5.75 Å². The fourth-order valence-electron chi connectivity index (χ4n) is 2.95. The first-order valence-corrected chi connectivity index (χ1v) is 7.56. The number of hydrogen-bond acceptors (Lipinski definition) is 6. The van der Waals surface area contributed by atoms with Gasteiger partial charge in [0, 0.05) is 23.1 Å². The smallest absolute Gasteiger partial charge is 0.336 e. The van der Waals surface area contributed by atoms with E-state index in [1.165, 1.54) is 33.5 Å². The molecule has 0 fully saturated rings. The van der Waals surface area contributed by atoms with Crippen molar-refractivity contribution >= 4 is 11.0 Å². The molecular weight excluding hydrogens is 324 g/mol. The SMILES string of the molecule is COc1cc(-c2cc(=O)oc3cc(O)cc(C)c23)cc(OC)c1OC. The summed E-state index contributed by atoms with van der Waals surface area (Å²) in [6, 6.07) is 7.98. The Hall–Kier alpha value is -3.15. The molecule has 0 spiro atoms. The van der Waals surface area contributed by atoms with Crippen LogP contribution in [0.2, 0.25) is 0 Å². The molecule has 1 aromatic heterocycles. The summed E-state index contributed by atoms with van der Waals surface area (Å²) in [5, 5.41) is 10.5. The zero-order valence-corrected chi connectivity index (χ0v) is 14.4. The molecule has 25 heavy (non-hydrogen) atoms. The van der Waals surface area contributed by atoms with Crippen LogP contribution in [0.25, 0.3) is 22.1 Å². The fraction of sp³-hybridized carbons (Fsp3) is 0.211. The second-order valence-electron chi connectivity index (χ2n) is 5.53. The Morgan fingerprint density at radius 2 is 1.56 bits per heavy atom. The van der Waals surface area contributed by atoms with Crippen molar-refractivity contribution in [3.63, 3.8) is 0 Å². The van der Waals surface area contributed by atoms with Crippen molar-refractivity contribution in [2.45, 2.75) is 6.92 Å². The Labute approximate surface area is 144 Å². The molecule has 0 radical (unpaired) electrons. The maximum absolute atomic E-state index is 12.0. The summed E-state index contributed by atoms with van der Waals surface area (Å²) < 4.78 is 21.3. The van der Waals surface area contributed by atoms with Crippen LogP contribution in [0.1, 0.15) is 5.56 Å². The van der Waals surface area contributed by atoms with Crippen molar-refractivity contribution in [2.75, 3.05) is 21.3 Å². The minimum Gasteiger partial charge on any atom is -0.508 e. The second-order valence-corrected chi connectivity index (χ2v) is 5.53. The van der Waals surface area contributed by atoms with Crippen LogP contribution in [0.4, 0.5) is 0 Å². The molecule has 2 aromatic carbocycles. The predicted octanol–water partition coefficient (Wildman–Crippen LogP) is 3.50. The lowest BCUT2D eigenvalue weighted by molar-refractivity contribution is 0.324. The monoisotopic (exact) mass is 342 g/mol. The molecule has 0 atom stereocenters. The Bertz CT molecular complexity index is 978. The maximum atomic E-state index is 12.0. The van der Waals surface area contributed by atoms with Gasteiger partial charge in [-0.1, -0.05) is 0 Å². The van der Waals surface area contributed by atoms with Gasteiger partial charge >= 0.3 is 5.63 Å². The molecule has 6 heteroatoms.